The van der Waals surface area contributed by atoms with Crippen LogP contribution in [-0.4, -0.2) is 99.8 Å². The van der Waals surface area contributed by atoms with E-state index in [-0.39, 0.29) is 30.0 Å². The third-order valence-electron chi connectivity index (χ3n) is 11.1. The second kappa shape index (κ2) is 17.8. The minimum atomic E-state index is -3.12. The number of ketones is 1. The molecule has 286 valence electrons. The number of unbranched alkanes of at least 4 members (excludes halogenated alkanes) is 1. The number of halogens is 1. The fourth-order valence-electron chi connectivity index (χ4n) is 7.48. The van der Waals surface area contributed by atoms with Crippen molar-refractivity contribution in [1.29, 1.82) is 0 Å². The number of aryl methyl sites for hydroxylation is 1. The minimum Gasteiger partial charge on any atom is -0.479 e. The van der Waals surface area contributed by atoms with Gasteiger partial charge in [-0.3, -0.25) is 14.4 Å². The van der Waals surface area contributed by atoms with E-state index in [1.807, 2.05) is 49.2 Å². The number of carbonyl (C=O) groups excluding carboxylic acids is 2. The molecule has 2 heterocycles. The Labute approximate surface area is 309 Å². The molecule has 2 radical (unpaired) electrons. The highest BCUT2D eigenvalue weighted by molar-refractivity contribution is 6.17. The van der Waals surface area contributed by atoms with Crippen molar-refractivity contribution in [2.75, 3.05) is 25.9 Å². The monoisotopic (exact) mass is 724 g/mol. The number of nitrogens with one attached hydrogen (secondary N) is 1. The Kier molecular flexibility index (Phi) is 14.6. The standard InChI is InChI=1S/C38H58BFN6O6/c1-10-17-38(40,34(48)49)33(47)26(5)31(39)36(7,51-9)21-24(3)22-42-27(6)32-37(8,25(4)11-2)52-35(50)46(32)19-13-12-18-45-23-30(43-44-45)28-15-14-16-29(41)20-28/h10,14-16,20,23-27,31-32,42H,1,11-13,17-19,21-22,41H2,2-9H3,(H,48,49)/t24-,25-,26-,27-,31-,32-,36-,37-,38+/m1/s1. The molecule has 1 aliphatic rings. The molecule has 1 fully saturated rings. The molecule has 1 aromatic heterocycles. The van der Waals surface area contributed by atoms with Gasteiger partial charge in [0.25, 0.3) is 5.67 Å². The molecular weight excluding hydrogens is 666 g/mol. The second-order valence-electron chi connectivity index (χ2n) is 15.0. The lowest BCUT2D eigenvalue weighted by Crippen LogP contribution is -2.58. The van der Waals surface area contributed by atoms with Crippen molar-refractivity contribution in [2.45, 2.75) is 122 Å². The first-order valence-electron chi connectivity index (χ1n) is 18.3. The molecule has 1 aromatic carbocycles. The topological polar surface area (TPSA) is 162 Å². The van der Waals surface area contributed by atoms with Crippen molar-refractivity contribution >= 4 is 31.4 Å². The molecule has 9 atom stereocenters. The van der Waals surface area contributed by atoms with Gasteiger partial charge in [0.1, 0.15) is 11.3 Å². The summed E-state index contributed by atoms with van der Waals surface area (Å²) in [7, 11) is 8.00. The number of alkyl halides is 1. The lowest BCUT2D eigenvalue weighted by atomic mass is 9.62. The van der Waals surface area contributed by atoms with E-state index in [4.69, 9.17) is 23.1 Å². The number of ether oxygens (including phenoxy) is 2. The number of rotatable bonds is 22. The van der Waals surface area contributed by atoms with Gasteiger partial charge in [-0.15, -0.1) is 11.7 Å². The van der Waals surface area contributed by atoms with E-state index < -0.39 is 46.8 Å². The number of Topliss-reactive ketones (excluding diaryl/α,β-unsaturated/α-hetero) is 1. The van der Waals surface area contributed by atoms with E-state index in [2.05, 4.69) is 43.0 Å². The third kappa shape index (κ3) is 9.41. The molecule has 0 saturated carbocycles. The van der Waals surface area contributed by atoms with Gasteiger partial charge in [0.05, 0.1) is 25.7 Å². The molecule has 1 amide bonds. The SMILES string of the molecule is [B][C@H]([C@@H](C)C(=O)[C@@](F)(CC=C)C(=O)O)[C@@](C)(C[C@@H](C)CN[C@H](C)[C@H]1N(CCCCn2cc(-c3cccc(N)c3)nn2)C(=O)O[C@]1(C)[C@H](C)CC)OC. The summed E-state index contributed by atoms with van der Waals surface area (Å²) in [5.74, 6) is -5.06. The number of hydrogen-bond donors (Lipinski definition) is 3. The predicted octanol–water partition coefficient (Wildman–Crippen LogP) is 5.87. The average Bonchev–Trinajstić information content (AvgIpc) is 3.69. The number of carbonyl (C=O) groups is 3. The zero-order chi connectivity index (χ0) is 39.0. The van der Waals surface area contributed by atoms with Crippen molar-refractivity contribution < 1.29 is 33.4 Å². The van der Waals surface area contributed by atoms with Crippen LogP contribution in [0.4, 0.5) is 14.9 Å². The number of nitrogens with two attached hydrogens (primary N) is 1. The molecule has 2 aromatic rings. The molecule has 0 bridgehead atoms. The number of methoxy groups -OCH3 is 1. The molecule has 52 heavy (non-hydrogen) atoms. The summed E-state index contributed by atoms with van der Waals surface area (Å²) in [4.78, 5) is 40.0. The Balaban J connectivity index is 1.66. The second-order valence-corrected chi connectivity index (χ2v) is 15.0. The van der Waals surface area contributed by atoms with Crippen LogP contribution in [0.15, 0.2) is 43.1 Å². The zero-order valence-electron chi connectivity index (χ0n) is 32.1. The van der Waals surface area contributed by atoms with Gasteiger partial charge in [0, 0.05) is 49.8 Å². The Hall–Kier alpha value is -3.78. The van der Waals surface area contributed by atoms with Crippen molar-refractivity contribution in [1.82, 2.24) is 25.2 Å². The highest BCUT2D eigenvalue weighted by atomic mass is 19.1. The van der Waals surface area contributed by atoms with E-state index in [0.717, 1.165) is 36.6 Å². The number of anilines is 1. The van der Waals surface area contributed by atoms with Crippen molar-refractivity contribution in [3.05, 3.63) is 43.1 Å². The molecule has 0 aliphatic carbocycles. The normalized spacial score (nSPS) is 22.8. The molecule has 0 spiro atoms. The van der Waals surface area contributed by atoms with Crippen molar-refractivity contribution in [3.63, 3.8) is 0 Å². The Morgan fingerprint density at radius 2 is 1.94 bits per heavy atom. The molecule has 0 unspecified atom stereocenters. The first-order valence-corrected chi connectivity index (χ1v) is 18.3. The third-order valence-corrected chi connectivity index (χ3v) is 11.1. The molecule has 1 aliphatic heterocycles. The number of amides is 1. The van der Waals surface area contributed by atoms with Gasteiger partial charge >= 0.3 is 12.1 Å². The van der Waals surface area contributed by atoms with Crippen LogP contribution < -0.4 is 11.1 Å². The predicted molar refractivity (Wildman–Crippen MR) is 201 cm³/mol. The van der Waals surface area contributed by atoms with E-state index in [0.29, 0.717) is 31.7 Å². The fraction of sp³-hybridized carbons (Fsp3) is 0.658. The zero-order valence-corrected chi connectivity index (χ0v) is 32.1. The summed E-state index contributed by atoms with van der Waals surface area (Å²) in [5, 5.41) is 21.7. The first-order chi connectivity index (χ1) is 24.4. The van der Waals surface area contributed by atoms with Crippen LogP contribution in [0.25, 0.3) is 11.3 Å². The summed E-state index contributed by atoms with van der Waals surface area (Å²) in [6, 6.07) is 7.09. The fourth-order valence-corrected chi connectivity index (χ4v) is 7.48. The van der Waals surface area contributed by atoms with E-state index in [9.17, 15) is 19.5 Å². The van der Waals surface area contributed by atoms with Crippen LogP contribution in [-0.2, 0) is 25.6 Å². The summed E-state index contributed by atoms with van der Waals surface area (Å²) in [6.45, 7) is 18.5. The maximum absolute atomic E-state index is 15.3. The van der Waals surface area contributed by atoms with Gasteiger partial charge in [-0.05, 0) is 82.8 Å². The lowest BCUT2D eigenvalue weighted by Gasteiger charge is -2.42. The van der Waals surface area contributed by atoms with E-state index >= 15 is 4.39 Å². The van der Waals surface area contributed by atoms with Crippen molar-refractivity contribution in [2.24, 2.45) is 17.8 Å². The highest BCUT2D eigenvalue weighted by Crippen LogP contribution is 2.41. The summed E-state index contributed by atoms with van der Waals surface area (Å²) in [6.07, 6.45) is 4.69. The minimum absolute atomic E-state index is 0.0373. The van der Waals surface area contributed by atoms with Crippen LogP contribution in [0.5, 0.6) is 0 Å². The Bertz CT molecular complexity index is 1540. The number of allylic oxidation sites excluding steroid dienone is 1. The van der Waals surface area contributed by atoms with Gasteiger partial charge in [0.2, 0.25) is 0 Å². The van der Waals surface area contributed by atoms with E-state index in [1.165, 1.54) is 14.0 Å². The molecule has 4 N–H and O–H groups in total. The molecular formula is C38H58BFN6O6. The van der Waals surface area contributed by atoms with Gasteiger partial charge in [-0.1, -0.05) is 51.1 Å². The number of cyclic esters (lactones) is 1. The number of carboxylic acid groups (broad SMARTS) is 1. The van der Waals surface area contributed by atoms with Gasteiger partial charge < -0.3 is 25.6 Å². The number of aliphatic carboxylic acids is 1. The molecule has 3 rings (SSSR count). The van der Waals surface area contributed by atoms with Crippen LogP contribution in [0.1, 0.15) is 80.6 Å². The number of hydrogen-bond acceptors (Lipinski definition) is 9. The molecule has 12 nitrogen and oxygen atoms in total. The van der Waals surface area contributed by atoms with Crippen LogP contribution >= 0.6 is 0 Å². The summed E-state index contributed by atoms with van der Waals surface area (Å²) < 4.78 is 29.1. The number of nitrogens with zero attached hydrogens (tertiary/aromatic N) is 4. The molecule has 1 saturated heterocycles. The number of carboxylic acids is 1. The summed E-state index contributed by atoms with van der Waals surface area (Å²) >= 11 is 0. The number of nitrogen functional groups attached to an aromatic ring is 1. The maximum atomic E-state index is 15.3. The lowest BCUT2D eigenvalue weighted by molar-refractivity contribution is -0.159. The average molecular weight is 725 g/mol. The van der Waals surface area contributed by atoms with Crippen LogP contribution in [0.3, 0.4) is 0 Å². The quantitative estimate of drug-likeness (QED) is 0.0440. The molecule has 14 heteroatoms. The highest BCUT2D eigenvalue weighted by Gasteiger charge is 2.55. The van der Waals surface area contributed by atoms with Gasteiger partial charge in [-0.25, -0.2) is 14.0 Å². The van der Waals surface area contributed by atoms with Gasteiger partial charge in [0.15, 0.2) is 5.78 Å². The first kappa shape index (κ1) is 42.6. The van der Waals surface area contributed by atoms with Gasteiger partial charge in [-0.2, -0.15) is 0 Å². The van der Waals surface area contributed by atoms with Crippen molar-refractivity contribution in [3.8, 4) is 11.3 Å². The Morgan fingerprint density at radius 1 is 1.27 bits per heavy atom. The Morgan fingerprint density at radius 3 is 2.54 bits per heavy atom. The van der Waals surface area contributed by atoms with Crippen LogP contribution in [0.2, 0.25) is 5.82 Å². The van der Waals surface area contributed by atoms with E-state index in [1.54, 1.807) is 11.6 Å². The largest absolute Gasteiger partial charge is 0.479 e. The summed E-state index contributed by atoms with van der Waals surface area (Å²) in [5.41, 5.74) is 3.30. The number of aromatic nitrogens is 3. The number of benzene rings is 1. The smallest absolute Gasteiger partial charge is 0.410 e. The van der Waals surface area contributed by atoms with Crippen LogP contribution in [0, 0.1) is 17.8 Å². The maximum Gasteiger partial charge on any atom is 0.410 e.